The van der Waals surface area contributed by atoms with Crippen LogP contribution in [0.2, 0.25) is 0 Å². The lowest BCUT2D eigenvalue weighted by atomic mass is 10.1. The first kappa shape index (κ1) is 17.4. The normalized spacial score (nSPS) is 10.9. The molecule has 1 aromatic carbocycles. The summed E-state index contributed by atoms with van der Waals surface area (Å²) in [7, 11) is 0. The van der Waals surface area contributed by atoms with Gasteiger partial charge in [0.2, 0.25) is 0 Å². The topological polar surface area (TPSA) is 134 Å². The van der Waals surface area contributed by atoms with E-state index in [9.17, 15) is 4.39 Å². The average Bonchev–Trinajstić information content (AvgIpc) is 3.29. The lowest BCUT2D eigenvalue weighted by Gasteiger charge is -2.07. The summed E-state index contributed by atoms with van der Waals surface area (Å²) in [6.45, 7) is 0.623. The van der Waals surface area contributed by atoms with Crippen molar-refractivity contribution in [2.75, 3.05) is 17.6 Å². The standard InChI is InChI=1S/C18H16FN9/c19-11-3-5-12(6-4-11)28-18-14(9-25-28)17(23-10-24-18)22-7-1-2-15-13(8-20)16(21)27-26-15/h3-6,9-10H,1-2,7H2,(H3,21,26,27)(H,22,23,24). The van der Waals surface area contributed by atoms with Crippen LogP contribution in [-0.2, 0) is 6.42 Å². The summed E-state index contributed by atoms with van der Waals surface area (Å²) in [4.78, 5) is 8.58. The molecule has 140 valence electrons. The van der Waals surface area contributed by atoms with Crippen molar-refractivity contribution in [3.05, 3.63) is 53.9 Å². The molecule has 0 saturated carbocycles. The Balaban J connectivity index is 1.47. The van der Waals surface area contributed by atoms with Crippen LogP contribution in [0, 0.1) is 17.1 Å². The zero-order valence-electron chi connectivity index (χ0n) is 14.7. The molecule has 0 radical (unpaired) electrons. The Kier molecular flexibility index (Phi) is 4.55. The molecule has 0 atom stereocenters. The van der Waals surface area contributed by atoms with E-state index in [1.165, 1.54) is 18.5 Å². The molecule has 0 aliphatic heterocycles. The number of nitrogens with two attached hydrogens (primary N) is 1. The van der Waals surface area contributed by atoms with Gasteiger partial charge in [-0.3, -0.25) is 5.10 Å². The summed E-state index contributed by atoms with van der Waals surface area (Å²) in [5.41, 5.74) is 8.09. The molecule has 4 rings (SSSR count). The summed E-state index contributed by atoms with van der Waals surface area (Å²) < 4.78 is 14.8. The first-order chi connectivity index (χ1) is 13.7. The van der Waals surface area contributed by atoms with Gasteiger partial charge in [-0.15, -0.1) is 0 Å². The van der Waals surface area contributed by atoms with E-state index in [2.05, 4.69) is 36.7 Å². The van der Waals surface area contributed by atoms with Crippen molar-refractivity contribution in [3.63, 3.8) is 0 Å². The third-order valence-electron chi connectivity index (χ3n) is 4.31. The monoisotopic (exact) mass is 377 g/mol. The third kappa shape index (κ3) is 3.21. The van der Waals surface area contributed by atoms with Gasteiger partial charge in [-0.1, -0.05) is 0 Å². The highest BCUT2D eigenvalue weighted by atomic mass is 19.1. The maximum absolute atomic E-state index is 13.2. The van der Waals surface area contributed by atoms with Gasteiger partial charge in [0.25, 0.3) is 0 Å². The van der Waals surface area contributed by atoms with E-state index in [1.807, 2.05) is 0 Å². The molecule has 3 heterocycles. The van der Waals surface area contributed by atoms with E-state index in [0.29, 0.717) is 35.7 Å². The number of nitrogens with zero attached hydrogens (tertiary/aromatic N) is 6. The molecule has 0 aliphatic carbocycles. The molecule has 3 aromatic heterocycles. The second-order valence-electron chi connectivity index (χ2n) is 6.10. The van der Waals surface area contributed by atoms with Crippen LogP contribution in [0.1, 0.15) is 17.7 Å². The van der Waals surface area contributed by atoms with Crippen LogP contribution >= 0.6 is 0 Å². The van der Waals surface area contributed by atoms with Crippen LogP contribution < -0.4 is 11.1 Å². The largest absolute Gasteiger partial charge is 0.381 e. The van der Waals surface area contributed by atoms with Crippen LogP contribution in [0.4, 0.5) is 16.0 Å². The quantitative estimate of drug-likeness (QED) is 0.438. The Hall–Kier alpha value is -4.00. The summed E-state index contributed by atoms with van der Waals surface area (Å²) in [6, 6.07) is 8.08. The van der Waals surface area contributed by atoms with Gasteiger partial charge in [-0.25, -0.2) is 19.0 Å². The molecule has 0 spiro atoms. The predicted molar refractivity (Wildman–Crippen MR) is 101 cm³/mol. The van der Waals surface area contributed by atoms with Gasteiger partial charge in [-0.2, -0.15) is 15.5 Å². The number of aryl methyl sites for hydroxylation is 1. The molecule has 10 heteroatoms. The lowest BCUT2D eigenvalue weighted by molar-refractivity contribution is 0.627. The maximum atomic E-state index is 13.2. The van der Waals surface area contributed by atoms with E-state index in [1.54, 1.807) is 23.0 Å². The summed E-state index contributed by atoms with van der Waals surface area (Å²) in [5.74, 6) is 0.565. The Bertz CT molecular complexity index is 1150. The Morgan fingerprint density at radius 3 is 2.86 bits per heavy atom. The van der Waals surface area contributed by atoms with E-state index in [4.69, 9.17) is 11.0 Å². The van der Waals surface area contributed by atoms with E-state index in [0.717, 1.165) is 17.5 Å². The fraction of sp³-hybridized carbons (Fsp3) is 0.167. The number of nitriles is 1. The highest BCUT2D eigenvalue weighted by Gasteiger charge is 2.12. The number of hydrogen-bond acceptors (Lipinski definition) is 7. The predicted octanol–water partition coefficient (Wildman–Crippen LogP) is 2.18. The third-order valence-corrected chi connectivity index (χ3v) is 4.31. The first-order valence-electron chi connectivity index (χ1n) is 8.58. The number of H-pyrrole nitrogens is 1. The van der Waals surface area contributed by atoms with Crippen molar-refractivity contribution >= 4 is 22.7 Å². The molecule has 4 N–H and O–H groups in total. The van der Waals surface area contributed by atoms with Gasteiger partial charge in [0.05, 0.1) is 23.0 Å². The number of halogens is 1. The number of fused-ring (bicyclic) bond motifs is 1. The Morgan fingerprint density at radius 2 is 2.07 bits per heavy atom. The fourth-order valence-electron chi connectivity index (χ4n) is 2.93. The van der Waals surface area contributed by atoms with Crippen molar-refractivity contribution in [1.82, 2.24) is 29.9 Å². The minimum atomic E-state index is -0.309. The number of anilines is 2. The number of aromatic amines is 1. The van der Waals surface area contributed by atoms with Gasteiger partial charge in [0.1, 0.15) is 29.6 Å². The number of nitrogen functional groups attached to an aromatic ring is 1. The smallest absolute Gasteiger partial charge is 0.168 e. The number of rotatable bonds is 6. The number of benzene rings is 1. The molecule has 0 bridgehead atoms. The molecule has 0 unspecified atom stereocenters. The van der Waals surface area contributed by atoms with Crippen molar-refractivity contribution in [2.24, 2.45) is 0 Å². The molecule has 0 fully saturated rings. The van der Waals surface area contributed by atoms with E-state index >= 15 is 0 Å². The molecule has 28 heavy (non-hydrogen) atoms. The molecular formula is C18H16FN9. The van der Waals surface area contributed by atoms with E-state index in [-0.39, 0.29) is 11.6 Å². The summed E-state index contributed by atoms with van der Waals surface area (Å²) in [6.07, 6.45) is 4.50. The fourth-order valence-corrected chi connectivity index (χ4v) is 2.93. The van der Waals surface area contributed by atoms with Gasteiger partial charge in [-0.05, 0) is 37.1 Å². The molecule has 4 aromatic rings. The van der Waals surface area contributed by atoms with Crippen molar-refractivity contribution in [1.29, 1.82) is 5.26 Å². The van der Waals surface area contributed by atoms with Gasteiger partial charge in [0, 0.05) is 6.54 Å². The minimum absolute atomic E-state index is 0.219. The van der Waals surface area contributed by atoms with Crippen molar-refractivity contribution < 1.29 is 4.39 Å². The van der Waals surface area contributed by atoms with Crippen LogP contribution in [0.5, 0.6) is 0 Å². The summed E-state index contributed by atoms with van der Waals surface area (Å²) in [5, 5.41) is 24.1. The second-order valence-corrected chi connectivity index (χ2v) is 6.10. The van der Waals surface area contributed by atoms with Gasteiger partial charge >= 0.3 is 0 Å². The van der Waals surface area contributed by atoms with E-state index < -0.39 is 0 Å². The van der Waals surface area contributed by atoms with Gasteiger partial charge < -0.3 is 11.1 Å². The molecule has 0 aliphatic rings. The van der Waals surface area contributed by atoms with Crippen LogP contribution in [0.15, 0.2) is 36.8 Å². The molecule has 9 nitrogen and oxygen atoms in total. The Labute approximate surface area is 159 Å². The zero-order chi connectivity index (χ0) is 19.5. The molecule has 0 saturated heterocycles. The van der Waals surface area contributed by atoms with Crippen LogP contribution in [0.3, 0.4) is 0 Å². The number of hydrogen-bond donors (Lipinski definition) is 3. The van der Waals surface area contributed by atoms with Crippen LogP contribution in [-0.4, -0.2) is 36.5 Å². The number of nitrogens with one attached hydrogen (secondary N) is 2. The highest BCUT2D eigenvalue weighted by molar-refractivity contribution is 5.87. The molecular weight excluding hydrogens is 361 g/mol. The van der Waals surface area contributed by atoms with Crippen molar-refractivity contribution in [2.45, 2.75) is 12.8 Å². The Morgan fingerprint density at radius 1 is 1.25 bits per heavy atom. The van der Waals surface area contributed by atoms with Gasteiger partial charge in [0.15, 0.2) is 11.5 Å². The lowest BCUT2D eigenvalue weighted by Crippen LogP contribution is -2.06. The average molecular weight is 377 g/mol. The van der Waals surface area contributed by atoms with Crippen LogP contribution in [0.25, 0.3) is 16.7 Å². The summed E-state index contributed by atoms with van der Waals surface area (Å²) >= 11 is 0. The molecule has 0 amide bonds. The minimum Gasteiger partial charge on any atom is -0.381 e. The second kappa shape index (κ2) is 7.32. The first-order valence-corrected chi connectivity index (χ1v) is 8.58. The van der Waals surface area contributed by atoms with Crippen molar-refractivity contribution in [3.8, 4) is 11.8 Å². The SMILES string of the molecule is N#Cc1c(N)n[nH]c1CCCNc1ncnc2c1cnn2-c1ccc(F)cc1. The maximum Gasteiger partial charge on any atom is 0.168 e. The number of aromatic nitrogens is 6. The highest BCUT2D eigenvalue weighted by Crippen LogP contribution is 2.22. The zero-order valence-corrected chi connectivity index (χ0v) is 14.7.